The Morgan fingerprint density at radius 1 is 1.56 bits per heavy atom. The first-order valence-electron chi connectivity index (χ1n) is 6.07. The van der Waals surface area contributed by atoms with Crippen LogP contribution in [0.15, 0.2) is 16.5 Å². The van der Waals surface area contributed by atoms with Crippen molar-refractivity contribution in [1.82, 2.24) is 10.3 Å². The average Bonchev–Trinajstić information content (AvgIpc) is 2.87. The number of nitrogen functional groups attached to an aromatic ring is 1. The predicted molar refractivity (Wildman–Crippen MR) is 65.7 cm³/mol. The number of rotatable bonds is 4. The minimum absolute atomic E-state index is 0.249. The normalized spacial score (nSPS) is 17.9. The Kier molecular flexibility index (Phi) is 4.35. The van der Waals surface area contributed by atoms with Crippen molar-refractivity contribution >= 4 is 5.91 Å². The van der Waals surface area contributed by atoms with Gasteiger partial charge in [-0.25, -0.2) is 5.84 Å². The van der Waals surface area contributed by atoms with Crippen LogP contribution in [0, 0.1) is 0 Å². The largest absolute Gasteiger partial charge is 0.455 e. The van der Waals surface area contributed by atoms with Crippen LogP contribution >= 0.6 is 0 Å². The lowest BCUT2D eigenvalue weighted by Crippen LogP contribution is -2.36. The van der Waals surface area contributed by atoms with Gasteiger partial charge in [-0.2, -0.15) is 0 Å². The number of furan rings is 1. The SMILES string of the molecule is COC1CCN(Cc2ccc(C(=O)NN)o2)CC1. The molecular formula is C12H19N3O3. The molecule has 0 atom stereocenters. The van der Waals surface area contributed by atoms with Crippen LogP contribution in [0.5, 0.6) is 0 Å². The number of amides is 1. The highest BCUT2D eigenvalue weighted by molar-refractivity contribution is 5.90. The van der Waals surface area contributed by atoms with E-state index in [0.29, 0.717) is 12.6 Å². The molecule has 18 heavy (non-hydrogen) atoms. The molecule has 1 aliphatic rings. The molecule has 100 valence electrons. The molecule has 0 aliphatic carbocycles. The minimum atomic E-state index is -0.403. The van der Waals surface area contributed by atoms with Gasteiger partial charge in [0.2, 0.25) is 0 Å². The van der Waals surface area contributed by atoms with Crippen LogP contribution < -0.4 is 11.3 Å². The number of nitrogens with two attached hydrogens (primary N) is 1. The van der Waals surface area contributed by atoms with Gasteiger partial charge in [0.25, 0.3) is 0 Å². The summed E-state index contributed by atoms with van der Waals surface area (Å²) >= 11 is 0. The van der Waals surface area contributed by atoms with Crippen molar-refractivity contribution in [3.8, 4) is 0 Å². The summed E-state index contributed by atoms with van der Waals surface area (Å²) in [4.78, 5) is 13.5. The zero-order chi connectivity index (χ0) is 13.0. The van der Waals surface area contributed by atoms with Gasteiger partial charge in [-0.1, -0.05) is 0 Å². The molecule has 2 rings (SSSR count). The lowest BCUT2D eigenvalue weighted by Gasteiger charge is -2.30. The maximum Gasteiger partial charge on any atom is 0.300 e. The van der Waals surface area contributed by atoms with Crippen LogP contribution in [0.2, 0.25) is 0 Å². The Morgan fingerprint density at radius 2 is 2.28 bits per heavy atom. The number of piperidine rings is 1. The van der Waals surface area contributed by atoms with Crippen LogP contribution in [0.4, 0.5) is 0 Å². The summed E-state index contributed by atoms with van der Waals surface area (Å²) in [7, 11) is 1.75. The molecule has 6 heteroatoms. The summed E-state index contributed by atoms with van der Waals surface area (Å²) in [5, 5.41) is 0. The number of likely N-dealkylation sites (tertiary alicyclic amines) is 1. The fraction of sp³-hybridized carbons (Fsp3) is 0.583. The topological polar surface area (TPSA) is 80.7 Å². The molecule has 0 spiro atoms. The van der Waals surface area contributed by atoms with E-state index in [1.165, 1.54) is 0 Å². The Labute approximate surface area is 106 Å². The number of nitrogens with zero attached hydrogens (tertiary/aromatic N) is 1. The maximum atomic E-state index is 11.2. The summed E-state index contributed by atoms with van der Waals surface area (Å²) < 4.78 is 10.8. The number of ether oxygens (including phenoxy) is 1. The molecule has 1 amide bonds. The van der Waals surface area contributed by atoms with Crippen molar-refractivity contribution in [2.75, 3.05) is 20.2 Å². The van der Waals surface area contributed by atoms with Gasteiger partial charge in [0.1, 0.15) is 5.76 Å². The third kappa shape index (κ3) is 3.10. The minimum Gasteiger partial charge on any atom is -0.455 e. The van der Waals surface area contributed by atoms with E-state index in [2.05, 4.69) is 4.90 Å². The van der Waals surface area contributed by atoms with Crippen LogP contribution in [-0.4, -0.2) is 37.1 Å². The summed E-state index contributed by atoms with van der Waals surface area (Å²) in [5.41, 5.74) is 2.05. The van der Waals surface area contributed by atoms with Crippen LogP contribution in [0.3, 0.4) is 0 Å². The van der Waals surface area contributed by atoms with Crippen molar-refractivity contribution in [2.24, 2.45) is 5.84 Å². The Hall–Kier alpha value is -1.37. The third-order valence-electron chi connectivity index (χ3n) is 3.26. The second kappa shape index (κ2) is 5.99. The van der Waals surface area contributed by atoms with E-state index in [0.717, 1.165) is 31.7 Å². The van der Waals surface area contributed by atoms with Crippen LogP contribution in [0.25, 0.3) is 0 Å². The number of carbonyl (C=O) groups is 1. The predicted octanol–water partition coefficient (Wildman–Crippen LogP) is 0.494. The lowest BCUT2D eigenvalue weighted by molar-refractivity contribution is 0.0369. The fourth-order valence-corrected chi connectivity index (χ4v) is 2.18. The first kappa shape index (κ1) is 13.1. The zero-order valence-electron chi connectivity index (χ0n) is 10.5. The van der Waals surface area contributed by atoms with Crippen molar-refractivity contribution in [2.45, 2.75) is 25.5 Å². The van der Waals surface area contributed by atoms with E-state index in [1.54, 1.807) is 13.2 Å². The average molecular weight is 253 g/mol. The number of methoxy groups -OCH3 is 1. The van der Waals surface area contributed by atoms with Gasteiger partial charge in [0.15, 0.2) is 5.76 Å². The zero-order valence-corrected chi connectivity index (χ0v) is 10.5. The molecule has 3 N–H and O–H groups in total. The molecule has 0 saturated carbocycles. The highest BCUT2D eigenvalue weighted by atomic mass is 16.5. The van der Waals surface area contributed by atoms with E-state index < -0.39 is 5.91 Å². The molecule has 2 heterocycles. The van der Waals surface area contributed by atoms with E-state index >= 15 is 0 Å². The number of hydrazine groups is 1. The monoisotopic (exact) mass is 253 g/mol. The summed E-state index contributed by atoms with van der Waals surface area (Å²) in [6, 6.07) is 3.45. The lowest BCUT2D eigenvalue weighted by atomic mass is 10.1. The molecule has 1 aromatic rings. The van der Waals surface area contributed by atoms with E-state index in [4.69, 9.17) is 15.0 Å². The summed E-state index contributed by atoms with van der Waals surface area (Å²) in [6.07, 6.45) is 2.44. The molecule has 6 nitrogen and oxygen atoms in total. The van der Waals surface area contributed by atoms with Crippen LogP contribution in [-0.2, 0) is 11.3 Å². The standard InChI is InChI=1S/C12H19N3O3/c1-17-9-4-6-15(7-5-9)8-10-2-3-11(18-10)12(16)14-13/h2-3,9H,4-8,13H2,1H3,(H,14,16). The van der Waals surface area contributed by atoms with E-state index in [-0.39, 0.29) is 5.76 Å². The highest BCUT2D eigenvalue weighted by Gasteiger charge is 2.20. The second-order valence-corrected chi connectivity index (χ2v) is 4.45. The van der Waals surface area contributed by atoms with Crippen molar-refractivity contribution < 1.29 is 13.9 Å². The molecule has 1 aromatic heterocycles. The van der Waals surface area contributed by atoms with Gasteiger partial charge in [0, 0.05) is 20.2 Å². The smallest absolute Gasteiger partial charge is 0.300 e. The van der Waals surface area contributed by atoms with E-state index in [1.807, 2.05) is 11.5 Å². The molecule has 1 aliphatic heterocycles. The summed E-state index contributed by atoms with van der Waals surface area (Å²) in [5.74, 6) is 5.67. The fourth-order valence-electron chi connectivity index (χ4n) is 2.18. The Balaban J connectivity index is 1.86. The molecular weight excluding hydrogens is 234 g/mol. The van der Waals surface area contributed by atoms with Gasteiger partial charge in [0.05, 0.1) is 12.6 Å². The molecule has 0 radical (unpaired) electrons. The molecule has 1 fully saturated rings. The Morgan fingerprint density at radius 3 is 2.89 bits per heavy atom. The van der Waals surface area contributed by atoms with Crippen molar-refractivity contribution in [1.29, 1.82) is 0 Å². The number of hydrogen-bond donors (Lipinski definition) is 2. The van der Waals surface area contributed by atoms with Gasteiger partial charge in [-0.15, -0.1) is 0 Å². The van der Waals surface area contributed by atoms with Gasteiger partial charge in [-0.05, 0) is 25.0 Å². The second-order valence-electron chi connectivity index (χ2n) is 4.45. The summed E-state index contributed by atoms with van der Waals surface area (Å²) in [6.45, 7) is 2.68. The quantitative estimate of drug-likeness (QED) is 0.464. The maximum absolute atomic E-state index is 11.2. The van der Waals surface area contributed by atoms with Gasteiger partial charge >= 0.3 is 5.91 Å². The number of hydrogen-bond acceptors (Lipinski definition) is 5. The first-order chi connectivity index (χ1) is 8.72. The van der Waals surface area contributed by atoms with Crippen molar-refractivity contribution in [3.63, 3.8) is 0 Å². The van der Waals surface area contributed by atoms with Crippen molar-refractivity contribution in [3.05, 3.63) is 23.7 Å². The number of carbonyl (C=O) groups excluding carboxylic acids is 1. The molecule has 1 saturated heterocycles. The third-order valence-corrected chi connectivity index (χ3v) is 3.26. The van der Waals surface area contributed by atoms with Crippen LogP contribution in [0.1, 0.15) is 29.2 Å². The molecule has 0 unspecified atom stereocenters. The first-order valence-corrected chi connectivity index (χ1v) is 6.07. The van der Waals surface area contributed by atoms with Gasteiger partial charge in [-0.3, -0.25) is 15.1 Å². The molecule has 0 bridgehead atoms. The Bertz CT molecular complexity index is 397. The molecule has 0 aromatic carbocycles. The highest BCUT2D eigenvalue weighted by Crippen LogP contribution is 2.17. The number of nitrogens with one attached hydrogen (secondary N) is 1. The van der Waals surface area contributed by atoms with E-state index in [9.17, 15) is 4.79 Å². The van der Waals surface area contributed by atoms with Gasteiger partial charge < -0.3 is 9.15 Å².